The molecule has 3 aromatic rings. The van der Waals surface area contributed by atoms with E-state index in [0.29, 0.717) is 21.7 Å². The summed E-state index contributed by atoms with van der Waals surface area (Å²) >= 11 is 19.3. The van der Waals surface area contributed by atoms with Crippen molar-refractivity contribution in [3.05, 3.63) is 44.5 Å². The van der Waals surface area contributed by atoms with Gasteiger partial charge in [0.05, 0.1) is 5.39 Å². The van der Waals surface area contributed by atoms with Gasteiger partial charge >= 0.3 is 0 Å². The Labute approximate surface area is 134 Å². The Kier molecular flexibility index (Phi) is 3.73. The first kappa shape index (κ1) is 13.9. The van der Waals surface area contributed by atoms with Gasteiger partial charge in [0.15, 0.2) is 0 Å². The fourth-order valence-electron chi connectivity index (χ4n) is 1.77. The van der Waals surface area contributed by atoms with Gasteiger partial charge in [0.2, 0.25) is 11.2 Å². The second-order valence-corrected chi connectivity index (χ2v) is 6.53. The van der Waals surface area contributed by atoms with Gasteiger partial charge in [-0.1, -0.05) is 23.2 Å². The molecular formula is C13H7Cl3N2OS. The minimum absolute atomic E-state index is 0.141. The Morgan fingerprint density at radius 2 is 1.70 bits per heavy atom. The van der Waals surface area contributed by atoms with Crippen LogP contribution in [0.5, 0.6) is 11.6 Å². The molecule has 0 aliphatic heterocycles. The maximum absolute atomic E-state index is 5.95. The van der Waals surface area contributed by atoms with Crippen molar-refractivity contribution in [1.29, 1.82) is 0 Å². The highest BCUT2D eigenvalue weighted by molar-refractivity contribution is 7.18. The second-order valence-electron chi connectivity index (χ2n) is 4.08. The summed E-state index contributed by atoms with van der Waals surface area (Å²) in [4.78, 5) is 10.2. The molecule has 0 aliphatic rings. The predicted octanol–water partition coefficient (Wildman–Crippen LogP) is 5.75. The normalized spacial score (nSPS) is 11.0. The summed E-state index contributed by atoms with van der Waals surface area (Å²) < 4.78 is 5.75. The zero-order valence-electron chi connectivity index (χ0n) is 10.2. The first-order valence-corrected chi connectivity index (χ1v) is 7.54. The van der Waals surface area contributed by atoms with Crippen molar-refractivity contribution in [2.75, 3.05) is 0 Å². The number of rotatable bonds is 2. The van der Waals surface area contributed by atoms with Crippen LogP contribution in [0.3, 0.4) is 0 Å². The number of hydrogen-bond donors (Lipinski definition) is 0. The zero-order chi connectivity index (χ0) is 14.3. The minimum Gasteiger partial charge on any atom is -0.438 e. The molecule has 0 saturated heterocycles. The van der Waals surface area contributed by atoms with Crippen LogP contribution in [0, 0.1) is 6.92 Å². The summed E-state index contributed by atoms with van der Waals surface area (Å²) in [5.41, 5.74) is 0. The van der Waals surface area contributed by atoms with Crippen molar-refractivity contribution in [1.82, 2.24) is 9.97 Å². The van der Waals surface area contributed by atoms with Gasteiger partial charge in [-0.05, 0) is 42.8 Å². The van der Waals surface area contributed by atoms with Gasteiger partial charge in [-0.25, -0.2) is 4.98 Å². The van der Waals surface area contributed by atoms with Gasteiger partial charge < -0.3 is 4.74 Å². The van der Waals surface area contributed by atoms with Crippen LogP contribution in [0.1, 0.15) is 4.88 Å². The van der Waals surface area contributed by atoms with Gasteiger partial charge in [0.25, 0.3) is 0 Å². The number of nitrogens with zero attached hydrogens (tertiary/aromatic N) is 2. The molecule has 0 amide bonds. The fourth-order valence-corrected chi connectivity index (χ4v) is 3.36. The molecule has 0 atom stereocenters. The molecule has 3 rings (SSSR count). The van der Waals surface area contributed by atoms with Crippen LogP contribution in [0.2, 0.25) is 15.3 Å². The van der Waals surface area contributed by atoms with Crippen LogP contribution < -0.4 is 4.74 Å². The Bertz CT molecular complexity index is 783. The second kappa shape index (κ2) is 5.37. The lowest BCUT2D eigenvalue weighted by atomic mass is 10.3. The topological polar surface area (TPSA) is 35.0 Å². The van der Waals surface area contributed by atoms with Crippen molar-refractivity contribution < 1.29 is 4.74 Å². The minimum atomic E-state index is 0.141. The Hall–Kier alpha value is -1.07. The maximum atomic E-state index is 5.95. The lowest BCUT2D eigenvalue weighted by Crippen LogP contribution is -1.91. The van der Waals surface area contributed by atoms with E-state index in [9.17, 15) is 0 Å². The molecule has 0 fully saturated rings. The smallest absolute Gasteiger partial charge is 0.232 e. The molecule has 0 aliphatic carbocycles. The number of ether oxygens (including phenoxy) is 1. The Balaban J connectivity index is 2.09. The fraction of sp³-hybridized carbons (Fsp3) is 0.0769. The van der Waals surface area contributed by atoms with Crippen molar-refractivity contribution in [2.45, 2.75) is 6.92 Å². The van der Waals surface area contributed by atoms with Crippen molar-refractivity contribution in [2.24, 2.45) is 0 Å². The molecular weight excluding hydrogens is 339 g/mol. The first-order valence-electron chi connectivity index (χ1n) is 5.59. The molecule has 102 valence electrons. The maximum Gasteiger partial charge on any atom is 0.232 e. The number of aromatic nitrogens is 2. The number of halogens is 3. The van der Waals surface area contributed by atoms with Crippen LogP contribution in [0.15, 0.2) is 24.3 Å². The molecule has 20 heavy (non-hydrogen) atoms. The monoisotopic (exact) mass is 344 g/mol. The lowest BCUT2D eigenvalue weighted by molar-refractivity contribution is 0.468. The van der Waals surface area contributed by atoms with Gasteiger partial charge in [0.1, 0.15) is 10.6 Å². The molecule has 2 heterocycles. The van der Waals surface area contributed by atoms with E-state index in [1.54, 1.807) is 18.2 Å². The van der Waals surface area contributed by atoms with Crippen molar-refractivity contribution in [3.63, 3.8) is 0 Å². The molecule has 0 saturated carbocycles. The van der Waals surface area contributed by atoms with Crippen LogP contribution in [0.4, 0.5) is 0 Å². The van der Waals surface area contributed by atoms with Crippen LogP contribution >= 0.6 is 46.1 Å². The van der Waals surface area contributed by atoms with Crippen molar-refractivity contribution in [3.8, 4) is 11.6 Å². The third-order valence-electron chi connectivity index (χ3n) is 2.50. The van der Waals surface area contributed by atoms with Crippen LogP contribution in [-0.2, 0) is 0 Å². The average Bonchev–Trinajstić information content (AvgIpc) is 2.68. The Morgan fingerprint density at radius 1 is 1.00 bits per heavy atom. The summed E-state index contributed by atoms with van der Waals surface area (Å²) in [5.74, 6) is 0.894. The van der Waals surface area contributed by atoms with E-state index in [2.05, 4.69) is 9.97 Å². The third-order valence-corrected chi connectivity index (χ3v) is 4.05. The van der Waals surface area contributed by atoms with E-state index in [-0.39, 0.29) is 5.28 Å². The summed E-state index contributed by atoms with van der Waals surface area (Å²) in [7, 11) is 0. The Morgan fingerprint density at radius 3 is 2.40 bits per heavy atom. The highest BCUT2D eigenvalue weighted by Crippen LogP contribution is 2.35. The summed E-state index contributed by atoms with van der Waals surface area (Å²) in [6, 6.07) is 6.91. The van der Waals surface area contributed by atoms with E-state index in [4.69, 9.17) is 39.5 Å². The van der Waals surface area contributed by atoms with E-state index < -0.39 is 0 Å². The van der Waals surface area contributed by atoms with Crippen LogP contribution in [0.25, 0.3) is 10.2 Å². The van der Waals surface area contributed by atoms with Gasteiger partial charge in [-0.3, -0.25) is 0 Å². The average molecular weight is 346 g/mol. The number of fused-ring (bicyclic) bond motifs is 1. The standard InChI is InChI=1S/C13H7Cl3N2OS/c1-6-2-10-11(17-13(16)18-12(10)20-6)19-9-4-7(14)3-8(15)5-9/h2-5H,1H3. The van der Waals surface area contributed by atoms with Crippen molar-refractivity contribution >= 4 is 56.4 Å². The molecule has 3 nitrogen and oxygen atoms in total. The molecule has 0 radical (unpaired) electrons. The van der Waals surface area contributed by atoms with E-state index >= 15 is 0 Å². The summed E-state index contributed by atoms with van der Waals surface area (Å²) in [6.07, 6.45) is 0. The van der Waals surface area contributed by atoms with E-state index in [0.717, 1.165) is 15.1 Å². The number of thiophene rings is 1. The third kappa shape index (κ3) is 2.83. The summed E-state index contributed by atoms with van der Waals surface area (Å²) in [5, 5.41) is 1.94. The molecule has 0 bridgehead atoms. The highest BCUT2D eigenvalue weighted by Gasteiger charge is 2.12. The molecule has 0 unspecified atom stereocenters. The molecule has 7 heteroatoms. The van der Waals surface area contributed by atoms with Gasteiger partial charge in [-0.2, -0.15) is 4.98 Å². The summed E-state index contributed by atoms with van der Waals surface area (Å²) in [6.45, 7) is 1.99. The molecule has 0 spiro atoms. The first-order chi connectivity index (χ1) is 9.51. The highest BCUT2D eigenvalue weighted by atomic mass is 35.5. The van der Waals surface area contributed by atoms with Crippen LogP contribution in [-0.4, -0.2) is 9.97 Å². The van der Waals surface area contributed by atoms with Gasteiger partial charge in [-0.15, -0.1) is 11.3 Å². The predicted molar refractivity (Wildman–Crippen MR) is 83.7 cm³/mol. The quantitative estimate of drug-likeness (QED) is 0.554. The number of benzene rings is 1. The number of aryl methyl sites for hydroxylation is 1. The van der Waals surface area contributed by atoms with E-state index in [1.165, 1.54) is 11.3 Å². The molecule has 0 N–H and O–H groups in total. The number of hydrogen-bond acceptors (Lipinski definition) is 4. The zero-order valence-corrected chi connectivity index (χ0v) is 13.2. The van der Waals surface area contributed by atoms with Gasteiger partial charge in [0, 0.05) is 14.9 Å². The lowest BCUT2D eigenvalue weighted by Gasteiger charge is -2.07. The SMILES string of the molecule is Cc1cc2c(Oc3cc(Cl)cc(Cl)c3)nc(Cl)nc2s1. The van der Waals surface area contributed by atoms with E-state index in [1.807, 2.05) is 13.0 Å². The largest absolute Gasteiger partial charge is 0.438 e. The molecule has 2 aromatic heterocycles. The molecule has 1 aromatic carbocycles.